The molecule has 1 amide bonds. The molecule has 1 fully saturated rings. The van der Waals surface area contributed by atoms with E-state index in [0.717, 1.165) is 35.1 Å². The third-order valence-electron chi connectivity index (χ3n) is 6.68. The second kappa shape index (κ2) is 9.57. The van der Waals surface area contributed by atoms with Gasteiger partial charge in [-0.05, 0) is 78.4 Å². The molecule has 1 saturated carbocycles. The van der Waals surface area contributed by atoms with Crippen LogP contribution in [0.15, 0.2) is 65.6 Å². The zero-order valence-electron chi connectivity index (χ0n) is 20.2. The van der Waals surface area contributed by atoms with Gasteiger partial charge in [-0.15, -0.1) is 0 Å². The molecular formula is C27H32N2O6S. The number of amides is 1. The first-order chi connectivity index (χ1) is 17.3. The summed E-state index contributed by atoms with van der Waals surface area (Å²) >= 11 is 0. The maximum Gasteiger partial charge on any atom is 0.240 e. The Bertz CT molecular complexity index is 1410. The zero-order chi connectivity index (χ0) is 25.3. The molecule has 192 valence electrons. The van der Waals surface area contributed by atoms with Crippen molar-refractivity contribution in [2.45, 2.75) is 30.1 Å². The fraction of sp³-hybridized carbons (Fsp3) is 0.296. The molecule has 0 spiro atoms. The number of hydrogen-bond acceptors (Lipinski definition) is 6. The highest BCUT2D eigenvalue weighted by Crippen LogP contribution is 2.51. The van der Waals surface area contributed by atoms with Crippen LogP contribution in [0, 0.1) is 6.92 Å². The van der Waals surface area contributed by atoms with E-state index in [1.165, 1.54) is 7.11 Å². The highest BCUT2D eigenvalue weighted by Gasteiger charge is 2.51. The Labute approximate surface area is 213 Å². The molecule has 0 unspecified atom stereocenters. The molecule has 0 saturated heterocycles. The first kappa shape index (κ1) is 24.3. The number of aryl methyl sites for hydroxylation is 1. The zero-order valence-corrected chi connectivity index (χ0v) is 21.0. The van der Waals surface area contributed by atoms with Gasteiger partial charge >= 0.3 is 0 Å². The topological polar surface area (TPSA) is 103 Å². The lowest BCUT2D eigenvalue weighted by Crippen LogP contribution is -2.27. The van der Waals surface area contributed by atoms with Crippen molar-refractivity contribution in [1.82, 2.24) is 4.72 Å². The number of fused-ring (bicyclic) bond motifs is 1. The highest BCUT2D eigenvalue weighted by atomic mass is 32.2. The van der Waals surface area contributed by atoms with Gasteiger partial charge < -0.3 is 19.5 Å². The van der Waals surface area contributed by atoms with Gasteiger partial charge in [-0.1, -0.05) is 24.3 Å². The van der Waals surface area contributed by atoms with Gasteiger partial charge in [-0.2, -0.15) is 0 Å². The van der Waals surface area contributed by atoms with Crippen molar-refractivity contribution in [3.8, 4) is 22.6 Å². The molecule has 1 aliphatic carbocycles. The van der Waals surface area contributed by atoms with Crippen LogP contribution in [0.2, 0.25) is 0 Å². The van der Waals surface area contributed by atoms with Crippen LogP contribution >= 0.6 is 0 Å². The molecule has 0 bridgehead atoms. The molecule has 1 heterocycles. The Hall–Kier alpha value is -3.40. The molecule has 0 radical (unpaired) electrons. The lowest BCUT2D eigenvalue weighted by molar-refractivity contribution is -0.118. The minimum atomic E-state index is -3.61. The Morgan fingerprint density at radius 2 is 1.78 bits per heavy atom. The molecule has 0 aromatic heterocycles. The summed E-state index contributed by atoms with van der Waals surface area (Å²) in [6, 6.07) is 18.1. The van der Waals surface area contributed by atoms with E-state index in [1.807, 2.05) is 43.3 Å². The average molecular weight is 513 g/mol. The van der Waals surface area contributed by atoms with Crippen LogP contribution in [0.25, 0.3) is 11.1 Å². The predicted molar refractivity (Wildman–Crippen MR) is 140 cm³/mol. The maximum atomic E-state index is 13.3. The number of nitrogens with one attached hydrogen (secondary N) is 2. The number of benzene rings is 3. The summed E-state index contributed by atoms with van der Waals surface area (Å²) in [5.41, 5.74) is 3.82. The number of ether oxygens (including phenoxy) is 3. The molecule has 8 nitrogen and oxygen atoms in total. The SMILES string of the molecule is COCCNS(=O)(=O)c1ccc(-c2cc(NC(=O)C3(c4ccc5c(c4)OCO5)CC3)ccc2C)cc1.[HH].[HH]. The van der Waals surface area contributed by atoms with Gasteiger partial charge in [0.05, 0.1) is 16.9 Å². The fourth-order valence-electron chi connectivity index (χ4n) is 4.40. The van der Waals surface area contributed by atoms with E-state index in [4.69, 9.17) is 14.2 Å². The largest absolute Gasteiger partial charge is 0.454 e. The quantitative estimate of drug-likeness (QED) is 0.410. The minimum absolute atomic E-state index is 0. The van der Waals surface area contributed by atoms with Gasteiger partial charge in [0.1, 0.15) is 0 Å². The number of rotatable bonds is 9. The summed E-state index contributed by atoms with van der Waals surface area (Å²) in [6.45, 7) is 2.68. The molecule has 1 aliphatic heterocycles. The van der Waals surface area contributed by atoms with E-state index >= 15 is 0 Å². The van der Waals surface area contributed by atoms with Gasteiger partial charge in [-0.25, -0.2) is 13.1 Å². The molecule has 2 N–H and O–H groups in total. The van der Waals surface area contributed by atoms with Crippen LogP contribution in [-0.4, -0.2) is 41.4 Å². The van der Waals surface area contributed by atoms with Crippen LogP contribution in [0.3, 0.4) is 0 Å². The van der Waals surface area contributed by atoms with Crippen LogP contribution in [0.5, 0.6) is 11.5 Å². The Morgan fingerprint density at radius 3 is 2.50 bits per heavy atom. The summed E-state index contributed by atoms with van der Waals surface area (Å²) in [7, 11) is -2.09. The summed E-state index contributed by atoms with van der Waals surface area (Å²) in [5, 5.41) is 3.08. The number of methoxy groups -OCH3 is 1. The molecule has 3 aromatic rings. The molecular weight excluding hydrogens is 480 g/mol. The van der Waals surface area contributed by atoms with Crippen molar-refractivity contribution in [1.29, 1.82) is 0 Å². The van der Waals surface area contributed by atoms with Crippen molar-refractivity contribution >= 4 is 21.6 Å². The minimum Gasteiger partial charge on any atom is -0.454 e. The number of sulfonamides is 1. The van der Waals surface area contributed by atoms with Crippen LogP contribution < -0.4 is 19.5 Å². The Morgan fingerprint density at radius 1 is 1.03 bits per heavy atom. The molecule has 9 heteroatoms. The van der Waals surface area contributed by atoms with E-state index in [0.29, 0.717) is 23.8 Å². The molecule has 3 aromatic carbocycles. The van der Waals surface area contributed by atoms with Crippen molar-refractivity contribution in [2.75, 3.05) is 32.4 Å². The smallest absolute Gasteiger partial charge is 0.240 e. The molecule has 2 aliphatic rings. The molecule has 36 heavy (non-hydrogen) atoms. The standard InChI is InChI=1S/C27H28N2O6S.2H2/c1-18-3-7-21(16-23(18)19-4-8-22(9-5-19)36(31,32)28-13-14-33-2)29-26(30)27(11-12-27)20-6-10-24-25(15-20)35-17-34-24;;/h3-10,15-16,28H,11-14,17H2,1-2H3,(H,29,30);2*1H. The van der Waals surface area contributed by atoms with E-state index < -0.39 is 15.4 Å². The first-order valence-corrected chi connectivity index (χ1v) is 13.2. The summed E-state index contributed by atoms with van der Waals surface area (Å²) in [6.07, 6.45) is 1.54. The fourth-order valence-corrected chi connectivity index (χ4v) is 5.42. The van der Waals surface area contributed by atoms with Gasteiger partial charge in [0.2, 0.25) is 22.7 Å². The second-order valence-corrected chi connectivity index (χ2v) is 10.8. The van der Waals surface area contributed by atoms with Crippen molar-refractivity contribution in [3.05, 3.63) is 71.8 Å². The monoisotopic (exact) mass is 512 g/mol. The molecule has 5 rings (SSSR count). The van der Waals surface area contributed by atoms with Crippen LogP contribution in [0.4, 0.5) is 5.69 Å². The third kappa shape index (κ3) is 4.69. The Kier molecular flexibility index (Phi) is 6.46. The van der Waals surface area contributed by atoms with E-state index in [1.54, 1.807) is 24.3 Å². The van der Waals surface area contributed by atoms with Crippen LogP contribution in [0.1, 0.15) is 26.8 Å². The van der Waals surface area contributed by atoms with Gasteiger partial charge in [0, 0.05) is 22.2 Å². The van der Waals surface area contributed by atoms with E-state index in [9.17, 15) is 13.2 Å². The van der Waals surface area contributed by atoms with Crippen molar-refractivity contribution < 1.29 is 30.3 Å². The highest BCUT2D eigenvalue weighted by molar-refractivity contribution is 7.89. The number of carbonyl (C=O) groups excluding carboxylic acids is 1. The van der Waals surface area contributed by atoms with Crippen molar-refractivity contribution in [2.24, 2.45) is 0 Å². The van der Waals surface area contributed by atoms with Gasteiger partial charge in [-0.3, -0.25) is 4.79 Å². The maximum absolute atomic E-state index is 13.3. The number of anilines is 1. The molecule has 0 atom stereocenters. The van der Waals surface area contributed by atoms with Gasteiger partial charge in [0.15, 0.2) is 11.5 Å². The average Bonchev–Trinajstić information content (AvgIpc) is 3.56. The van der Waals surface area contributed by atoms with E-state index in [-0.39, 0.29) is 27.0 Å². The van der Waals surface area contributed by atoms with Crippen LogP contribution in [-0.2, 0) is 25.0 Å². The van der Waals surface area contributed by atoms with Gasteiger partial charge in [0.25, 0.3) is 0 Å². The lowest BCUT2D eigenvalue weighted by atomic mass is 9.94. The van der Waals surface area contributed by atoms with E-state index in [2.05, 4.69) is 10.0 Å². The lowest BCUT2D eigenvalue weighted by Gasteiger charge is -2.17. The second-order valence-electron chi connectivity index (χ2n) is 9.05. The summed E-state index contributed by atoms with van der Waals surface area (Å²) < 4.78 is 43.2. The number of carbonyl (C=O) groups is 1. The summed E-state index contributed by atoms with van der Waals surface area (Å²) in [4.78, 5) is 13.5. The first-order valence-electron chi connectivity index (χ1n) is 11.7. The van der Waals surface area contributed by atoms with Crippen molar-refractivity contribution in [3.63, 3.8) is 0 Å². The third-order valence-corrected chi connectivity index (χ3v) is 8.16. The Balaban J connectivity index is 0.00000200. The summed E-state index contributed by atoms with van der Waals surface area (Å²) in [5.74, 6) is 1.31. The predicted octanol–water partition coefficient (Wildman–Crippen LogP) is 4.48. The number of hydrogen-bond donors (Lipinski definition) is 2. The normalized spacial score (nSPS) is 15.5.